The number of hydrazine groups is 1. The summed E-state index contributed by atoms with van der Waals surface area (Å²) in [6, 6.07) is 5.57. The molecule has 2 unspecified atom stereocenters. The maximum absolute atomic E-state index is 11.9. The van der Waals surface area contributed by atoms with Gasteiger partial charge in [-0.25, -0.2) is 9.59 Å². The molecular formula is C16H23N5O5S. The molecule has 0 spiro atoms. The standard InChI is InChI=1S/C16H23N5O5S/c1-16(2,3)26-14(24)17-12(13(22)23)11-7-5-6-10(8-11)9-27-15-20(4)18-19-21(15)25/h5-8,12,15,18H,9H2,1-4H3,(H,17,24)(H,22,23). The lowest BCUT2D eigenvalue weighted by molar-refractivity contribution is -0.541. The normalized spacial score (nSPS) is 18.4. The predicted octanol–water partition coefficient (Wildman–Crippen LogP) is 2.18. The van der Waals surface area contributed by atoms with Crippen LogP contribution in [0.3, 0.4) is 0 Å². The van der Waals surface area contributed by atoms with Gasteiger partial charge in [-0.05, 0) is 31.9 Å². The van der Waals surface area contributed by atoms with Crippen LogP contribution in [-0.4, -0.2) is 45.2 Å². The van der Waals surface area contributed by atoms with Crippen molar-refractivity contribution in [1.29, 1.82) is 0 Å². The second-order valence-corrected chi connectivity index (χ2v) is 7.96. The summed E-state index contributed by atoms with van der Waals surface area (Å²) in [6.07, 6.45) is -0.808. The zero-order valence-electron chi connectivity index (χ0n) is 15.5. The summed E-state index contributed by atoms with van der Waals surface area (Å²) in [4.78, 5) is 24.1. The van der Waals surface area contributed by atoms with E-state index in [0.717, 1.165) is 5.56 Å². The molecule has 1 aliphatic heterocycles. The summed E-state index contributed by atoms with van der Waals surface area (Å²) < 4.78 is 5.13. The molecule has 148 valence electrons. The van der Waals surface area contributed by atoms with Gasteiger partial charge in [0.25, 0.3) is 5.50 Å². The number of alkyl carbamates (subject to hydrolysis) is 1. The molecule has 10 nitrogen and oxygen atoms in total. The zero-order valence-corrected chi connectivity index (χ0v) is 16.3. The third-order valence-electron chi connectivity index (χ3n) is 3.41. The number of hydrogen-bond acceptors (Lipinski definition) is 8. The van der Waals surface area contributed by atoms with Crippen molar-refractivity contribution < 1.29 is 24.3 Å². The Hall–Kier alpha value is -2.53. The van der Waals surface area contributed by atoms with Gasteiger partial charge in [-0.2, -0.15) is 0 Å². The maximum Gasteiger partial charge on any atom is 0.408 e. The highest BCUT2D eigenvalue weighted by atomic mass is 32.2. The third-order valence-corrected chi connectivity index (χ3v) is 4.71. The molecule has 0 aliphatic carbocycles. The first kappa shape index (κ1) is 20.8. The molecule has 11 heteroatoms. The van der Waals surface area contributed by atoms with Crippen LogP contribution in [0.5, 0.6) is 0 Å². The van der Waals surface area contributed by atoms with Gasteiger partial charge in [0.1, 0.15) is 10.8 Å². The number of carboxylic acid groups (broad SMARTS) is 1. The molecule has 1 aromatic rings. The molecule has 3 N–H and O–H groups in total. The molecule has 0 saturated carbocycles. The molecule has 0 radical (unpaired) electrons. The van der Waals surface area contributed by atoms with Crippen molar-refractivity contribution in [2.75, 3.05) is 7.05 Å². The second-order valence-electron chi connectivity index (χ2n) is 6.91. The van der Waals surface area contributed by atoms with Gasteiger partial charge in [0.15, 0.2) is 6.04 Å². The summed E-state index contributed by atoms with van der Waals surface area (Å²) in [5.74, 6) is -0.743. The van der Waals surface area contributed by atoms with E-state index in [9.17, 15) is 19.9 Å². The SMILES string of the molecule is CN1NN=[N+]([O-])C1SCc1cccc(C(NC(=O)OC(C)(C)C)C(=O)O)c1. The Kier molecular flexibility index (Phi) is 6.50. The van der Waals surface area contributed by atoms with E-state index in [1.807, 2.05) is 6.07 Å². The van der Waals surface area contributed by atoms with E-state index in [1.54, 1.807) is 51.0 Å². The fourth-order valence-corrected chi connectivity index (χ4v) is 3.25. The number of carbonyl (C=O) groups excluding carboxylic acids is 1. The molecule has 0 bridgehead atoms. The van der Waals surface area contributed by atoms with E-state index in [4.69, 9.17) is 4.74 Å². The molecule has 1 amide bonds. The number of carboxylic acids is 1. The van der Waals surface area contributed by atoms with Gasteiger partial charge in [0, 0.05) is 12.8 Å². The lowest BCUT2D eigenvalue weighted by Gasteiger charge is -2.22. The highest BCUT2D eigenvalue weighted by Crippen LogP contribution is 2.24. The predicted molar refractivity (Wildman–Crippen MR) is 98.2 cm³/mol. The molecule has 0 saturated heterocycles. The number of nitrogens with zero attached hydrogens (tertiary/aromatic N) is 3. The maximum atomic E-state index is 11.9. The number of thioether (sulfide) groups is 1. The summed E-state index contributed by atoms with van der Waals surface area (Å²) >= 11 is 1.33. The number of rotatable bonds is 6. The molecule has 1 aromatic carbocycles. The fraction of sp³-hybridized carbons (Fsp3) is 0.500. The summed E-state index contributed by atoms with van der Waals surface area (Å²) in [5, 5.41) is 28.5. The molecule has 2 atom stereocenters. The summed E-state index contributed by atoms with van der Waals surface area (Å²) in [5.41, 5.74) is 2.51. The molecule has 1 heterocycles. The number of benzene rings is 1. The van der Waals surface area contributed by atoms with E-state index in [-0.39, 0.29) is 0 Å². The molecule has 27 heavy (non-hydrogen) atoms. The molecule has 2 rings (SSSR count). The fourth-order valence-electron chi connectivity index (χ4n) is 2.28. The number of hydrogen-bond donors (Lipinski definition) is 3. The Morgan fingerprint density at radius 1 is 1.52 bits per heavy atom. The van der Waals surface area contributed by atoms with Gasteiger partial charge >= 0.3 is 12.1 Å². The lowest BCUT2D eigenvalue weighted by Crippen LogP contribution is -2.38. The number of aliphatic carboxylic acids is 1. The first-order chi connectivity index (χ1) is 12.6. The van der Waals surface area contributed by atoms with E-state index in [0.29, 0.717) is 16.2 Å². The average Bonchev–Trinajstić information content (AvgIpc) is 2.87. The van der Waals surface area contributed by atoms with Crippen molar-refractivity contribution in [3.63, 3.8) is 0 Å². The molecular weight excluding hydrogens is 374 g/mol. The quantitative estimate of drug-likeness (QED) is 0.492. The number of hydroxylamine groups is 1. The lowest BCUT2D eigenvalue weighted by atomic mass is 10.0. The van der Waals surface area contributed by atoms with Crippen molar-refractivity contribution in [2.45, 2.75) is 43.7 Å². The Morgan fingerprint density at radius 2 is 2.22 bits per heavy atom. The largest absolute Gasteiger partial charge is 0.694 e. The monoisotopic (exact) mass is 397 g/mol. The number of carbonyl (C=O) groups is 2. The van der Waals surface area contributed by atoms with Crippen molar-refractivity contribution in [3.8, 4) is 0 Å². The van der Waals surface area contributed by atoms with Crippen LogP contribution in [0.4, 0.5) is 4.79 Å². The smallest absolute Gasteiger partial charge is 0.408 e. The Morgan fingerprint density at radius 3 is 2.78 bits per heavy atom. The minimum absolute atomic E-state index is 0.410. The first-order valence-electron chi connectivity index (χ1n) is 8.15. The number of nitrogens with one attached hydrogen (secondary N) is 2. The minimum Gasteiger partial charge on any atom is -0.694 e. The van der Waals surface area contributed by atoms with E-state index < -0.39 is 29.2 Å². The van der Waals surface area contributed by atoms with Crippen LogP contribution in [0.15, 0.2) is 29.5 Å². The zero-order chi connectivity index (χ0) is 20.2. The van der Waals surface area contributed by atoms with E-state index >= 15 is 0 Å². The van der Waals surface area contributed by atoms with Gasteiger partial charge in [0.2, 0.25) is 0 Å². The Balaban J connectivity index is 2.07. The van der Waals surface area contributed by atoms with Crippen LogP contribution in [0.2, 0.25) is 0 Å². The van der Waals surface area contributed by atoms with Gasteiger partial charge in [-0.1, -0.05) is 46.6 Å². The molecule has 0 aromatic heterocycles. The summed E-state index contributed by atoms with van der Waals surface area (Å²) in [7, 11) is 1.70. The first-order valence-corrected chi connectivity index (χ1v) is 9.20. The van der Waals surface area contributed by atoms with Crippen LogP contribution in [0, 0.1) is 5.21 Å². The second kappa shape index (κ2) is 8.44. The minimum atomic E-state index is -1.24. The number of ether oxygens (including phenoxy) is 1. The highest BCUT2D eigenvalue weighted by molar-refractivity contribution is 7.98. The average molecular weight is 397 g/mol. The third kappa shape index (κ3) is 6.00. The van der Waals surface area contributed by atoms with Crippen molar-refractivity contribution in [1.82, 2.24) is 15.9 Å². The van der Waals surface area contributed by atoms with Crippen LogP contribution >= 0.6 is 11.8 Å². The van der Waals surface area contributed by atoms with Crippen LogP contribution in [0.25, 0.3) is 0 Å². The van der Waals surface area contributed by atoms with Crippen LogP contribution < -0.4 is 10.9 Å². The van der Waals surface area contributed by atoms with Gasteiger partial charge in [-0.15, -0.1) is 4.86 Å². The van der Waals surface area contributed by atoms with Crippen LogP contribution in [0.1, 0.15) is 37.9 Å². The highest BCUT2D eigenvalue weighted by Gasteiger charge is 2.29. The molecule has 0 fully saturated rings. The van der Waals surface area contributed by atoms with Crippen molar-refractivity contribution in [2.24, 2.45) is 5.22 Å². The van der Waals surface area contributed by atoms with Crippen LogP contribution in [-0.2, 0) is 15.3 Å². The Labute approximate surface area is 161 Å². The van der Waals surface area contributed by atoms with Crippen molar-refractivity contribution >= 4 is 23.8 Å². The van der Waals surface area contributed by atoms with Gasteiger partial charge < -0.3 is 20.4 Å². The topological polar surface area (TPSA) is 129 Å². The Bertz CT molecular complexity index is 736. The number of amides is 1. The molecule has 1 aliphatic rings. The summed E-state index contributed by atoms with van der Waals surface area (Å²) in [6.45, 7) is 5.09. The van der Waals surface area contributed by atoms with Gasteiger partial charge in [-0.3, -0.25) is 0 Å². The van der Waals surface area contributed by atoms with E-state index in [1.165, 1.54) is 11.8 Å². The van der Waals surface area contributed by atoms with E-state index in [2.05, 4.69) is 16.1 Å². The van der Waals surface area contributed by atoms with Crippen molar-refractivity contribution in [3.05, 3.63) is 40.6 Å². The van der Waals surface area contributed by atoms with Gasteiger partial charge in [0.05, 0.1) is 0 Å².